The molecule has 138 valence electrons. The Hall–Kier alpha value is -3.32. The summed E-state index contributed by atoms with van der Waals surface area (Å²) in [5.74, 6) is 2.07. The van der Waals surface area contributed by atoms with Gasteiger partial charge in [-0.2, -0.15) is 0 Å². The molecule has 1 aromatic carbocycles. The fraction of sp³-hybridized carbons (Fsp3) is 0.0952. The Kier molecular flexibility index (Phi) is 4.21. The number of hydrogen-bond donors (Lipinski definition) is 0. The lowest BCUT2D eigenvalue weighted by molar-refractivity contribution is 0.575. The van der Waals surface area contributed by atoms with Crippen molar-refractivity contribution >= 4 is 17.4 Å². The van der Waals surface area contributed by atoms with E-state index in [2.05, 4.69) is 33.8 Å². The van der Waals surface area contributed by atoms with Crippen molar-refractivity contribution < 1.29 is 4.42 Å². The quantitative estimate of drug-likeness (QED) is 0.406. The van der Waals surface area contributed by atoms with Gasteiger partial charge in [-0.1, -0.05) is 36.0 Å². The number of para-hydroxylation sites is 1. The average Bonchev–Trinajstić information content (AvgIpc) is 3.46. The van der Waals surface area contributed by atoms with E-state index in [1.165, 1.54) is 0 Å². The number of thioether (sulfide) groups is 1. The molecule has 4 heterocycles. The molecule has 6 nitrogen and oxygen atoms in total. The molecule has 0 saturated carbocycles. The van der Waals surface area contributed by atoms with Gasteiger partial charge in [0.15, 0.2) is 10.9 Å². The molecule has 7 heteroatoms. The van der Waals surface area contributed by atoms with Gasteiger partial charge in [0.2, 0.25) is 5.82 Å². The van der Waals surface area contributed by atoms with Gasteiger partial charge >= 0.3 is 0 Å². The van der Waals surface area contributed by atoms with Gasteiger partial charge in [-0.15, -0.1) is 10.2 Å². The smallest absolute Gasteiger partial charge is 0.205 e. The van der Waals surface area contributed by atoms with Gasteiger partial charge in [-0.3, -0.25) is 4.57 Å². The van der Waals surface area contributed by atoms with E-state index in [-0.39, 0.29) is 0 Å². The van der Waals surface area contributed by atoms with Crippen molar-refractivity contribution in [2.45, 2.75) is 17.8 Å². The molecule has 0 bridgehead atoms. The molecule has 5 rings (SSSR count). The lowest BCUT2D eigenvalue weighted by atomic mass is 10.3. The van der Waals surface area contributed by atoms with E-state index < -0.39 is 0 Å². The summed E-state index contributed by atoms with van der Waals surface area (Å²) in [5, 5.41) is 9.59. The van der Waals surface area contributed by atoms with Gasteiger partial charge in [0.05, 0.1) is 12.0 Å². The number of rotatable bonds is 5. The van der Waals surface area contributed by atoms with E-state index in [1.54, 1.807) is 18.0 Å². The summed E-state index contributed by atoms with van der Waals surface area (Å²) < 4.78 is 9.64. The van der Waals surface area contributed by atoms with E-state index in [4.69, 9.17) is 9.40 Å². The Morgan fingerprint density at radius 2 is 1.89 bits per heavy atom. The lowest BCUT2D eigenvalue weighted by Gasteiger charge is -2.08. The van der Waals surface area contributed by atoms with Crippen LogP contribution in [0.5, 0.6) is 0 Å². The number of imidazole rings is 1. The highest BCUT2D eigenvalue weighted by atomic mass is 32.2. The minimum absolute atomic E-state index is 0.685. The van der Waals surface area contributed by atoms with E-state index in [1.807, 2.05) is 59.3 Å². The SMILES string of the molecule is Cc1cccn2cc(CSc3nnc(-c4ccco4)n3-c3ccccc3)nc12. The van der Waals surface area contributed by atoms with Crippen molar-refractivity contribution in [2.24, 2.45) is 0 Å². The number of benzene rings is 1. The maximum atomic E-state index is 5.56. The van der Waals surface area contributed by atoms with E-state index in [0.717, 1.165) is 27.7 Å². The van der Waals surface area contributed by atoms with Crippen molar-refractivity contribution in [1.29, 1.82) is 0 Å². The van der Waals surface area contributed by atoms with Gasteiger partial charge in [0.1, 0.15) is 5.65 Å². The van der Waals surface area contributed by atoms with Gasteiger partial charge in [-0.05, 0) is 42.8 Å². The van der Waals surface area contributed by atoms with Crippen LogP contribution < -0.4 is 0 Å². The summed E-state index contributed by atoms with van der Waals surface area (Å²) in [4.78, 5) is 4.75. The molecular formula is C21H17N5OS. The Labute approximate surface area is 165 Å². The highest BCUT2D eigenvalue weighted by molar-refractivity contribution is 7.98. The number of fused-ring (bicyclic) bond motifs is 1. The first-order valence-corrected chi connectivity index (χ1v) is 9.89. The van der Waals surface area contributed by atoms with Crippen LogP contribution in [0.2, 0.25) is 0 Å². The molecule has 0 aliphatic heterocycles. The number of aromatic nitrogens is 5. The largest absolute Gasteiger partial charge is 0.461 e. The molecular weight excluding hydrogens is 370 g/mol. The van der Waals surface area contributed by atoms with Crippen molar-refractivity contribution in [3.05, 3.63) is 84.5 Å². The van der Waals surface area contributed by atoms with Gasteiger partial charge in [-0.25, -0.2) is 4.98 Å². The Balaban J connectivity index is 1.50. The van der Waals surface area contributed by atoms with Gasteiger partial charge in [0.25, 0.3) is 0 Å². The number of aryl methyl sites for hydroxylation is 1. The normalized spacial score (nSPS) is 11.3. The summed E-state index contributed by atoms with van der Waals surface area (Å²) in [5.41, 5.74) is 4.14. The molecule has 28 heavy (non-hydrogen) atoms. The molecule has 0 amide bonds. The highest BCUT2D eigenvalue weighted by Gasteiger charge is 2.18. The first-order chi connectivity index (χ1) is 13.8. The first kappa shape index (κ1) is 16.8. The van der Waals surface area contributed by atoms with Crippen LogP contribution in [-0.2, 0) is 5.75 Å². The summed E-state index contributed by atoms with van der Waals surface area (Å²) in [6, 6.07) is 17.9. The third-order valence-electron chi connectivity index (χ3n) is 4.47. The topological polar surface area (TPSA) is 61.1 Å². The molecule has 0 radical (unpaired) electrons. The summed E-state index contributed by atoms with van der Waals surface area (Å²) in [6.07, 6.45) is 5.72. The molecule has 4 aromatic heterocycles. The van der Waals surface area contributed by atoms with Crippen LogP contribution in [0.1, 0.15) is 11.3 Å². The van der Waals surface area contributed by atoms with E-state index in [9.17, 15) is 0 Å². The van der Waals surface area contributed by atoms with Gasteiger partial charge in [0, 0.05) is 23.8 Å². The number of furan rings is 1. The van der Waals surface area contributed by atoms with Crippen LogP contribution in [0.25, 0.3) is 22.9 Å². The fourth-order valence-electron chi connectivity index (χ4n) is 3.15. The highest BCUT2D eigenvalue weighted by Crippen LogP contribution is 2.29. The molecule has 5 aromatic rings. The average molecular weight is 387 g/mol. The van der Waals surface area contributed by atoms with Crippen LogP contribution in [0.4, 0.5) is 0 Å². The molecule has 0 aliphatic rings. The Morgan fingerprint density at radius 1 is 1.00 bits per heavy atom. The first-order valence-electron chi connectivity index (χ1n) is 8.90. The number of nitrogens with zero attached hydrogens (tertiary/aromatic N) is 5. The maximum Gasteiger partial charge on any atom is 0.205 e. The molecule has 0 fully saturated rings. The minimum Gasteiger partial charge on any atom is -0.461 e. The minimum atomic E-state index is 0.685. The van der Waals surface area contributed by atoms with Gasteiger partial charge < -0.3 is 8.82 Å². The predicted octanol–water partition coefficient (Wildman–Crippen LogP) is 4.78. The molecule has 0 unspecified atom stereocenters. The molecule has 0 saturated heterocycles. The van der Waals surface area contributed by atoms with Crippen molar-refractivity contribution in [2.75, 3.05) is 0 Å². The van der Waals surface area contributed by atoms with Crippen LogP contribution in [-0.4, -0.2) is 24.1 Å². The molecule has 0 N–H and O–H groups in total. The van der Waals surface area contributed by atoms with Crippen LogP contribution in [0, 0.1) is 6.92 Å². The molecule has 0 aliphatic carbocycles. The van der Waals surface area contributed by atoms with Crippen LogP contribution in [0.3, 0.4) is 0 Å². The van der Waals surface area contributed by atoms with E-state index in [0.29, 0.717) is 17.3 Å². The van der Waals surface area contributed by atoms with Crippen molar-refractivity contribution in [3.63, 3.8) is 0 Å². The zero-order valence-electron chi connectivity index (χ0n) is 15.2. The maximum absolute atomic E-state index is 5.56. The zero-order chi connectivity index (χ0) is 18.9. The fourth-order valence-corrected chi connectivity index (χ4v) is 3.99. The van der Waals surface area contributed by atoms with Crippen LogP contribution in [0.15, 0.2) is 82.8 Å². The summed E-state index contributed by atoms with van der Waals surface area (Å²) in [6.45, 7) is 2.07. The van der Waals surface area contributed by atoms with Crippen LogP contribution >= 0.6 is 11.8 Å². The molecule has 0 spiro atoms. The standard InChI is InChI=1S/C21H17N5OS/c1-15-7-5-11-25-13-16(22-19(15)25)14-28-21-24-23-20(18-10-6-12-27-18)26(21)17-8-3-2-4-9-17/h2-13H,14H2,1H3. The zero-order valence-corrected chi connectivity index (χ0v) is 16.0. The lowest BCUT2D eigenvalue weighted by Crippen LogP contribution is -1.99. The third kappa shape index (κ3) is 2.99. The van der Waals surface area contributed by atoms with Crippen molar-refractivity contribution in [3.8, 4) is 17.3 Å². The number of pyridine rings is 1. The Bertz CT molecular complexity index is 1220. The number of hydrogen-bond acceptors (Lipinski definition) is 5. The predicted molar refractivity (Wildman–Crippen MR) is 109 cm³/mol. The summed E-state index contributed by atoms with van der Waals surface area (Å²) >= 11 is 1.61. The molecule has 0 atom stereocenters. The second kappa shape index (κ2) is 7.01. The summed E-state index contributed by atoms with van der Waals surface area (Å²) in [7, 11) is 0. The van der Waals surface area contributed by atoms with E-state index >= 15 is 0 Å². The second-order valence-electron chi connectivity index (χ2n) is 6.40. The third-order valence-corrected chi connectivity index (χ3v) is 5.43. The monoisotopic (exact) mass is 387 g/mol. The Morgan fingerprint density at radius 3 is 2.68 bits per heavy atom. The second-order valence-corrected chi connectivity index (χ2v) is 7.34. The van der Waals surface area contributed by atoms with Crippen molar-refractivity contribution in [1.82, 2.24) is 24.1 Å².